The smallest absolute Gasteiger partial charge is 0.343 e. The summed E-state index contributed by atoms with van der Waals surface area (Å²) in [6, 6.07) is 11.6. The average Bonchev–Trinajstić information content (AvgIpc) is 2.91. The van der Waals surface area contributed by atoms with Gasteiger partial charge >= 0.3 is 5.97 Å². The lowest BCUT2D eigenvalue weighted by molar-refractivity contribution is 0.0453. The van der Waals surface area contributed by atoms with E-state index in [2.05, 4.69) is 0 Å². The van der Waals surface area contributed by atoms with E-state index in [1.165, 1.54) is 7.11 Å². The molecule has 0 aromatic heterocycles. The van der Waals surface area contributed by atoms with Crippen LogP contribution in [-0.4, -0.2) is 34.3 Å². The minimum atomic E-state index is -0.423. The Balaban J connectivity index is 2.05. The van der Waals surface area contributed by atoms with Crippen molar-refractivity contribution in [3.05, 3.63) is 53.1 Å². The molecule has 0 fully saturated rings. The minimum absolute atomic E-state index is 0.391. The van der Waals surface area contributed by atoms with Gasteiger partial charge in [0.05, 0.1) is 14.2 Å². The fourth-order valence-electron chi connectivity index (χ4n) is 2.80. The van der Waals surface area contributed by atoms with Crippen molar-refractivity contribution < 1.29 is 19.0 Å². The van der Waals surface area contributed by atoms with Crippen molar-refractivity contribution >= 4 is 11.7 Å². The normalized spacial score (nSPS) is 15.8. The van der Waals surface area contributed by atoms with Gasteiger partial charge in [-0.1, -0.05) is 18.2 Å². The number of ether oxygens (including phenoxy) is 3. The molecule has 0 radical (unpaired) electrons. The zero-order valence-corrected chi connectivity index (χ0v) is 13.6. The van der Waals surface area contributed by atoms with Crippen LogP contribution >= 0.6 is 0 Å². The maximum Gasteiger partial charge on any atom is 0.343 e. The molecule has 1 aliphatic rings. The van der Waals surface area contributed by atoms with E-state index in [9.17, 15) is 4.79 Å². The molecule has 0 N–H and O–H groups in total. The van der Waals surface area contributed by atoms with Crippen molar-refractivity contribution in [3.63, 3.8) is 0 Å². The summed E-state index contributed by atoms with van der Waals surface area (Å²) in [6.07, 6.45) is -0.423. The Morgan fingerprint density at radius 2 is 1.70 bits per heavy atom. The number of hydrogen-bond acceptors (Lipinski definition) is 5. The van der Waals surface area contributed by atoms with Crippen LogP contribution in [0.4, 0.5) is 5.69 Å². The van der Waals surface area contributed by atoms with E-state index < -0.39 is 12.1 Å². The van der Waals surface area contributed by atoms with Crippen LogP contribution in [0, 0.1) is 0 Å². The molecular weight excluding hydrogens is 294 g/mol. The maximum atomic E-state index is 12.3. The van der Waals surface area contributed by atoms with Crippen LogP contribution in [0.5, 0.6) is 11.5 Å². The van der Waals surface area contributed by atoms with Crippen molar-refractivity contribution in [2.45, 2.75) is 6.10 Å². The molecule has 3 rings (SSSR count). The van der Waals surface area contributed by atoms with Crippen molar-refractivity contribution in [1.82, 2.24) is 0 Å². The Morgan fingerprint density at radius 1 is 1.00 bits per heavy atom. The topological polar surface area (TPSA) is 48.0 Å². The molecule has 120 valence electrons. The standard InChI is InChI=1S/C18H19NO4/c1-19(2)12-7-5-11(6-8-12)16-13-9-10-14(21-3)17(22-4)15(13)18(20)23-16/h5-10,16H,1-4H3. The highest BCUT2D eigenvalue weighted by atomic mass is 16.6. The predicted molar refractivity (Wildman–Crippen MR) is 87.6 cm³/mol. The Labute approximate surface area is 135 Å². The third-order valence-corrected chi connectivity index (χ3v) is 4.00. The molecule has 0 aliphatic carbocycles. The fraction of sp³-hybridized carbons (Fsp3) is 0.278. The van der Waals surface area contributed by atoms with Crippen molar-refractivity contribution in [2.75, 3.05) is 33.2 Å². The highest BCUT2D eigenvalue weighted by molar-refractivity contribution is 5.98. The predicted octanol–water partition coefficient (Wildman–Crippen LogP) is 3.03. The summed E-state index contributed by atoms with van der Waals surface area (Å²) in [5.74, 6) is 0.548. The first-order valence-electron chi connectivity index (χ1n) is 7.30. The van der Waals surface area contributed by atoms with E-state index in [4.69, 9.17) is 14.2 Å². The number of anilines is 1. The highest BCUT2D eigenvalue weighted by Gasteiger charge is 2.36. The third-order valence-electron chi connectivity index (χ3n) is 4.00. The number of hydrogen-bond donors (Lipinski definition) is 0. The summed E-state index contributed by atoms with van der Waals surface area (Å²) in [5.41, 5.74) is 3.25. The van der Waals surface area contributed by atoms with Gasteiger partial charge in [-0.15, -0.1) is 0 Å². The number of benzene rings is 2. The van der Waals surface area contributed by atoms with Crippen LogP contribution in [0.25, 0.3) is 0 Å². The Morgan fingerprint density at radius 3 is 2.26 bits per heavy atom. The molecule has 0 saturated carbocycles. The molecule has 1 atom stereocenters. The molecule has 0 amide bonds. The van der Waals surface area contributed by atoms with Gasteiger partial charge in [-0.2, -0.15) is 0 Å². The van der Waals surface area contributed by atoms with Gasteiger partial charge < -0.3 is 19.1 Å². The summed E-state index contributed by atoms with van der Waals surface area (Å²) < 4.78 is 16.2. The van der Waals surface area contributed by atoms with Crippen LogP contribution in [0.3, 0.4) is 0 Å². The van der Waals surface area contributed by atoms with Crippen LogP contribution in [-0.2, 0) is 4.74 Å². The van der Waals surface area contributed by atoms with Crippen LogP contribution in [0.2, 0.25) is 0 Å². The van der Waals surface area contributed by atoms with Crippen molar-refractivity contribution in [2.24, 2.45) is 0 Å². The van der Waals surface area contributed by atoms with E-state index in [1.807, 2.05) is 49.3 Å². The van der Waals surface area contributed by atoms with Gasteiger partial charge in [-0.3, -0.25) is 0 Å². The summed E-state index contributed by atoms with van der Waals surface area (Å²) in [7, 11) is 7.03. The molecule has 1 heterocycles. The molecule has 0 saturated heterocycles. The third kappa shape index (κ3) is 2.48. The van der Waals surface area contributed by atoms with Gasteiger partial charge in [-0.25, -0.2) is 4.79 Å². The van der Waals surface area contributed by atoms with Gasteiger partial charge in [0.1, 0.15) is 5.56 Å². The van der Waals surface area contributed by atoms with Crippen LogP contribution in [0.1, 0.15) is 27.6 Å². The lowest BCUT2D eigenvalue weighted by atomic mass is 9.98. The SMILES string of the molecule is COc1ccc2c(c1OC)C(=O)OC2c1ccc(N(C)C)cc1. The highest BCUT2D eigenvalue weighted by Crippen LogP contribution is 2.44. The Hall–Kier alpha value is -2.69. The van der Waals surface area contributed by atoms with Crippen LogP contribution in [0.15, 0.2) is 36.4 Å². The Kier molecular flexibility index (Phi) is 3.86. The lowest BCUT2D eigenvalue weighted by Gasteiger charge is -2.15. The zero-order valence-electron chi connectivity index (χ0n) is 13.6. The van der Waals surface area contributed by atoms with E-state index >= 15 is 0 Å². The van der Waals surface area contributed by atoms with Gasteiger partial charge in [0, 0.05) is 25.3 Å². The molecule has 5 heteroatoms. The second-order valence-corrected chi connectivity index (χ2v) is 5.54. The second-order valence-electron chi connectivity index (χ2n) is 5.54. The number of cyclic esters (lactones) is 1. The van der Waals surface area contributed by atoms with Crippen LogP contribution < -0.4 is 14.4 Å². The van der Waals surface area contributed by atoms with E-state index in [1.54, 1.807) is 13.2 Å². The molecule has 1 unspecified atom stereocenters. The first-order valence-corrected chi connectivity index (χ1v) is 7.30. The average molecular weight is 313 g/mol. The Bertz CT molecular complexity index is 737. The van der Waals surface area contributed by atoms with E-state index in [-0.39, 0.29) is 0 Å². The van der Waals surface area contributed by atoms with Crippen molar-refractivity contribution in [1.29, 1.82) is 0 Å². The number of rotatable bonds is 4. The number of carbonyl (C=O) groups excluding carboxylic acids is 1. The number of carbonyl (C=O) groups is 1. The van der Waals surface area contributed by atoms with E-state index in [0.717, 1.165) is 16.8 Å². The summed E-state index contributed by atoms with van der Waals surface area (Å²) in [5, 5.41) is 0. The lowest BCUT2D eigenvalue weighted by Crippen LogP contribution is -2.08. The molecule has 0 spiro atoms. The summed E-state index contributed by atoms with van der Waals surface area (Å²) in [4.78, 5) is 14.3. The fourth-order valence-corrected chi connectivity index (χ4v) is 2.80. The number of fused-ring (bicyclic) bond motifs is 1. The largest absolute Gasteiger partial charge is 0.493 e. The maximum absolute atomic E-state index is 12.3. The monoisotopic (exact) mass is 313 g/mol. The summed E-state index contributed by atoms with van der Waals surface area (Å²) >= 11 is 0. The second kappa shape index (κ2) is 5.83. The first kappa shape index (κ1) is 15.2. The summed E-state index contributed by atoms with van der Waals surface area (Å²) in [6.45, 7) is 0. The van der Waals surface area contributed by atoms with Crippen molar-refractivity contribution in [3.8, 4) is 11.5 Å². The van der Waals surface area contributed by atoms with Gasteiger partial charge in [-0.05, 0) is 23.8 Å². The van der Waals surface area contributed by atoms with Gasteiger partial charge in [0.2, 0.25) is 0 Å². The van der Waals surface area contributed by atoms with Gasteiger partial charge in [0.15, 0.2) is 17.6 Å². The minimum Gasteiger partial charge on any atom is -0.493 e. The molecule has 5 nitrogen and oxygen atoms in total. The zero-order chi connectivity index (χ0) is 16.6. The molecular formula is C18H19NO4. The molecule has 2 aromatic carbocycles. The number of esters is 1. The quantitative estimate of drug-likeness (QED) is 0.812. The first-order chi connectivity index (χ1) is 11.1. The van der Waals surface area contributed by atoms with Gasteiger partial charge in [0.25, 0.3) is 0 Å². The number of nitrogens with zero attached hydrogens (tertiary/aromatic N) is 1. The molecule has 2 aromatic rings. The molecule has 1 aliphatic heterocycles. The van der Waals surface area contributed by atoms with E-state index in [0.29, 0.717) is 17.1 Å². The molecule has 0 bridgehead atoms. The number of methoxy groups -OCH3 is 2. The molecule has 23 heavy (non-hydrogen) atoms.